The van der Waals surface area contributed by atoms with Gasteiger partial charge in [0.15, 0.2) is 0 Å². The van der Waals surface area contributed by atoms with Crippen molar-refractivity contribution in [3.05, 3.63) is 42.1 Å². The third-order valence-corrected chi connectivity index (χ3v) is 2.86. The van der Waals surface area contributed by atoms with Crippen LogP contribution in [0.5, 0.6) is 0 Å². The van der Waals surface area contributed by atoms with Gasteiger partial charge in [0, 0.05) is 19.7 Å². The van der Waals surface area contributed by atoms with Crippen LogP contribution in [0, 0.1) is 6.92 Å². The highest BCUT2D eigenvalue weighted by atomic mass is 15.0. The van der Waals surface area contributed by atoms with Gasteiger partial charge in [0.2, 0.25) is 0 Å². The Hall–Kier alpha value is -2.03. The van der Waals surface area contributed by atoms with E-state index >= 15 is 0 Å². The molecule has 88 valence electrons. The predicted octanol–water partition coefficient (Wildman–Crippen LogP) is 3.14. The first-order valence-corrected chi connectivity index (χ1v) is 5.68. The summed E-state index contributed by atoms with van der Waals surface area (Å²) in [6, 6.07) is 10.4. The van der Waals surface area contributed by atoms with Crippen molar-refractivity contribution in [3.63, 3.8) is 0 Å². The molecule has 0 unspecified atom stereocenters. The highest BCUT2D eigenvalue weighted by Crippen LogP contribution is 2.31. The van der Waals surface area contributed by atoms with Crippen LogP contribution >= 0.6 is 0 Å². The quantitative estimate of drug-likeness (QED) is 0.845. The zero-order valence-corrected chi connectivity index (χ0v) is 10.4. The summed E-state index contributed by atoms with van der Waals surface area (Å²) in [7, 11) is 3.79. The van der Waals surface area contributed by atoms with Gasteiger partial charge in [-0.05, 0) is 24.1 Å². The molecule has 3 nitrogen and oxygen atoms in total. The first-order chi connectivity index (χ1) is 8.26. The summed E-state index contributed by atoms with van der Waals surface area (Å²) in [6.45, 7) is 2.12. The minimum atomic E-state index is 0.877. The van der Waals surface area contributed by atoms with Crippen LogP contribution in [0.25, 0.3) is 11.1 Å². The zero-order chi connectivity index (χ0) is 12.3. The Kier molecular flexibility index (Phi) is 3.28. The van der Waals surface area contributed by atoms with Crippen molar-refractivity contribution < 1.29 is 0 Å². The zero-order valence-electron chi connectivity index (χ0n) is 10.4. The highest BCUT2D eigenvalue weighted by molar-refractivity contribution is 5.81. The number of aromatic nitrogens is 1. The van der Waals surface area contributed by atoms with Gasteiger partial charge >= 0.3 is 0 Å². The Morgan fingerprint density at radius 3 is 2.41 bits per heavy atom. The summed E-state index contributed by atoms with van der Waals surface area (Å²) in [4.78, 5) is 4.31. The third kappa shape index (κ3) is 2.23. The van der Waals surface area contributed by atoms with Crippen LogP contribution in [0.4, 0.5) is 11.5 Å². The van der Waals surface area contributed by atoms with Crippen molar-refractivity contribution in [3.8, 4) is 11.1 Å². The molecule has 0 aliphatic rings. The average molecular weight is 227 g/mol. The molecule has 0 saturated carbocycles. The number of aryl methyl sites for hydroxylation is 1. The average Bonchev–Trinajstić information content (AvgIpc) is 2.38. The first-order valence-electron chi connectivity index (χ1n) is 5.68. The molecule has 0 saturated heterocycles. The molecule has 0 radical (unpaired) electrons. The number of benzene rings is 1. The summed E-state index contributed by atoms with van der Waals surface area (Å²) < 4.78 is 0. The van der Waals surface area contributed by atoms with Crippen molar-refractivity contribution >= 4 is 11.5 Å². The fourth-order valence-electron chi connectivity index (χ4n) is 1.89. The Morgan fingerprint density at radius 2 is 1.76 bits per heavy atom. The second-order valence-electron chi connectivity index (χ2n) is 3.93. The van der Waals surface area contributed by atoms with E-state index in [4.69, 9.17) is 0 Å². The maximum atomic E-state index is 4.31. The van der Waals surface area contributed by atoms with Gasteiger partial charge in [-0.2, -0.15) is 0 Å². The van der Waals surface area contributed by atoms with E-state index in [0.29, 0.717) is 0 Å². The van der Waals surface area contributed by atoms with Crippen LogP contribution in [-0.4, -0.2) is 19.1 Å². The van der Waals surface area contributed by atoms with Crippen LogP contribution in [0.2, 0.25) is 0 Å². The monoisotopic (exact) mass is 227 g/mol. The molecule has 2 rings (SSSR count). The van der Waals surface area contributed by atoms with Gasteiger partial charge in [-0.3, -0.25) is 0 Å². The minimum Gasteiger partial charge on any atom is -0.386 e. The van der Waals surface area contributed by atoms with E-state index in [1.165, 1.54) is 16.7 Å². The van der Waals surface area contributed by atoms with E-state index in [1.807, 2.05) is 20.3 Å². The number of hydrogen-bond donors (Lipinski definition) is 2. The third-order valence-electron chi connectivity index (χ3n) is 2.86. The Labute approximate surface area is 102 Å². The highest BCUT2D eigenvalue weighted by Gasteiger charge is 2.07. The normalized spacial score (nSPS) is 10.1. The standard InChI is InChI=1S/C14H17N3/c1-10-6-4-5-7-11(10)12-8-14(16-3)17-9-13(12)15-2/h4-9,15H,1-3H3,(H,16,17). The molecule has 1 aromatic heterocycles. The van der Waals surface area contributed by atoms with Gasteiger partial charge in [-0.25, -0.2) is 4.98 Å². The maximum Gasteiger partial charge on any atom is 0.126 e. The summed E-state index contributed by atoms with van der Waals surface area (Å²) in [5.74, 6) is 0.877. The molecule has 0 spiro atoms. The second kappa shape index (κ2) is 4.87. The lowest BCUT2D eigenvalue weighted by Crippen LogP contribution is -1.98. The molecule has 2 N–H and O–H groups in total. The van der Waals surface area contributed by atoms with Gasteiger partial charge in [-0.15, -0.1) is 0 Å². The molecular weight excluding hydrogens is 210 g/mol. The van der Waals surface area contributed by atoms with Gasteiger partial charge in [0.25, 0.3) is 0 Å². The Morgan fingerprint density at radius 1 is 1.00 bits per heavy atom. The fourth-order valence-corrected chi connectivity index (χ4v) is 1.89. The van der Waals surface area contributed by atoms with Crippen LogP contribution in [0.3, 0.4) is 0 Å². The number of pyridine rings is 1. The number of anilines is 2. The van der Waals surface area contributed by atoms with Crippen molar-refractivity contribution in [2.75, 3.05) is 24.7 Å². The van der Waals surface area contributed by atoms with Gasteiger partial charge < -0.3 is 10.6 Å². The molecular formula is C14H17N3. The molecule has 0 aliphatic heterocycles. The van der Waals surface area contributed by atoms with Gasteiger partial charge in [-0.1, -0.05) is 24.3 Å². The van der Waals surface area contributed by atoms with Gasteiger partial charge in [0.05, 0.1) is 11.9 Å². The van der Waals surface area contributed by atoms with Gasteiger partial charge in [0.1, 0.15) is 5.82 Å². The van der Waals surface area contributed by atoms with Crippen molar-refractivity contribution in [2.24, 2.45) is 0 Å². The van der Waals surface area contributed by atoms with Crippen LogP contribution in [-0.2, 0) is 0 Å². The number of hydrogen-bond acceptors (Lipinski definition) is 3. The van der Waals surface area contributed by atoms with Crippen molar-refractivity contribution in [1.82, 2.24) is 4.98 Å². The molecule has 0 amide bonds. The van der Waals surface area contributed by atoms with Crippen LogP contribution in [0.1, 0.15) is 5.56 Å². The number of nitrogens with one attached hydrogen (secondary N) is 2. The summed E-state index contributed by atoms with van der Waals surface area (Å²) >= 11 is 0. The first kappa shape index (κ1) is 11.5. The molecule has 0 atom stereocenters. The van der Waals surface area contributed by atoms with E-state index in [-0.39, 0.29) is 0 Å². The maximum absolute atomic E-state index is 4.31. The number of nitrogens with zero attached hydrogens (tertiary/aromatic N) is 1. The Balaban J connectivity index is 2.60. The molecule has 3 heteroatoms. The molecule has 0 bridgehead atoms. The van der Waals surface area contributed by atoms with Crippen molar-refractivity contribution in [1.29, 1.82) is 0 Å². The lowest BCUT2D eigenvalue weighted by Gasteiger charge is -2.12. The lowest BCUT2D eigenvalue weighted by atomic mass is 10.00. The smallest absolute Gasteiger partial charge is 0.126 e. The molecule has 1 aromatic carbocycles. The molecule has 0 aliphatic carbocycles. The summed E-state index contributed by atoms with van der Waals surface area (Å²) in [5, 5.41) is 6.25. The minimum absolute atomic E-state index is 0.877. The van der Waals surface area contributed by atoms with E-state index in [9.17, 15) is 0 Å². The topological polar surface area (TPSA) is 37.0 Å². The van der Waals surface area contributed by atoms with E-state index in [2.05, 4.69) is 52.9 Å². The molecule has 2 aromatic rings. The molecule has 0 fully saturated rings. The van der Waals surface area contributed by atoms with E-state index < -0.39 is 0 Å². The van der Waals surface area contributed by atoms with Crippen LogP contribution < -0.4 is 10.6 Å². The van der Waals surface area contributed by atoms with Crippen molar-refractivity contribution in [2.45, 2.75) is 6.92 Å². The fraction of sp³-hybridized carbons (Fsp3) is 0.214. The SMILES string of the molecule is CNc1cc(-c2ccccc2C)c(NC)cn1. The summed E-state index contributed by atoms with van der Waals surface area (Å²) in [5.41, 5.74) is 4.70. The summed E-state index contributed by atoms with van der Waals surface area (Å²) in [6.07, 6.45) is 1.85. The largest absolute Gasteiger partial charge is 0.386 e. The van der Waals surface area contributed by atoms with E-state index in [0.717, 1.165) is 11.5 Å². The molecule has 17 heavy (non-hydrogen) atoms. The molecule has 1 heterocycles. The number of rotatable bonds is 3. The Bertz CT molecular complexity index is 521. The van der Waals surface area contributed by atoms with E-state index in [1.54, 1.807) is 0 Å². The van der Waals surface area contributed by atoms with Crippen LogP contribution in [0.15, 0.2) is 36.5 Å². The predicted molar refractivity (Wildman–Crippen MR) is 73.5 cm³/mol. The lowest BCUT2D eigenvalue weighted by molar-refractivity contribution is 1.27. The second-order valence-corrected chi connectivity index (χ2v) is 3.93.